The molecule has 2 heterocycles. The predicted molar refractivity (Wildman–Crippen MR) is 122 cm³/mol. The number of fused-ring (bicyclic) bond motifs is 1. The van der Waals surface area contributed by atoms with Crippen LogP contribution in [0.5, 0.6) is 0 Å². The van der Waals surface area contributed by atoms with Crippen LogP contribution in [-0.4, -0.2) is 48.4 Å². The fourth-order valence-electron chi connectivity index (χ4n) is 6.13. The number of carbonyl (C=O) groups excluding carboxylic acids is 3. The summed E-state index contributed by atoms with van der Waals surface area (Å²) in [6.45, 7) is 13.5. The number of methoxy groups -OCH3 is 1. The molecule has 0 amide bonds. The highest BCUT2D eigenvalue weighted by molar-refractivity contribution is 5.96. The van der Waals surface area contributed by atoms with Crippen LogP contribution in [0.4, 0.5) is 0 Å². The Morgan fingerprint density at radius 2 is 1.88 bits per heavy atom. The molecule has 2 aliphatic carbocycles. The Morgan fingerprint density at radius 3 is 2.42 bits per heavy atom. The van der Waals surface area contributed by atoms with Crippen molar-refractivity contribution < 1.29 is 33.7 Å². The lowest BCUT2D eigenvalue weighted by Gasteiger charge is -2.54. The summed E-state index contributed by atoms with van der Waals surface area (Å²) in [5.74, 6) is -0.0986. The molecule has 182 valence electrons. The molecule has 0 spiro atoms. The Bertz CT molecular complexity index is 885. The molecule has 6 unspecified atom stereocenters. The molecule has 0 aromatic heterocycles. The van der Waals surface area contributed by atoms with E-state index in [0.29, 0.717) is 5.92 Å². The smallest absolute Gasteiger partial charge is 0.333 e. The average Bonchev–Trinajstić information content (AvgIpc) is 3.34. The van der Waals surface area contributed by atoms with Crippen molar-refractivity contribution in [1.29, 1.82) is 0 Å². The molecular formula is C26H36O7. The first-order valence-electron chi connectivity index (χ1n) is 11.6. The van der Waals surface area contributed by atoms with Gasteiger partial charge < -0.3 is 19.3 Å². The Kier molecular flexibility index (Phi) is 7.06. The molecule has 6 atom stereocenters. The summed E-state index contributed by atoms with van der Waals surface area (Å²) in [5.41, 5.74) is -0.116. The van der Waals surface area contributed by atoms with Gasteiger partial charge in [-0.1, -0.05) is 33.4 Å². The summed E-state index contributed by atoms with van der Waals surface area (Å²) in [7, 11) is 1.41. The zero-order valence-electron chi connectivity index (χ0n) is 20.3. The van der Waals surface area contributed by atoms with Crippen LogP contribution in [0.15, 0.2) is 36.5 Å². The second-order valence-electron chi connectivity index (χ2n) is 10.4. The number of hydrogen-bond acceptors (Lipinski definition) is 7. The normalized spacial score (nSPS) is 38.9. The van der Waals surface area contributed by atoms with Crippen molar-refractivity contribution in [3.05, 3.63) is 36.5 Å². The van der Waals surface area contributed by atoms with E-state index in [9.17, 15) is 14.4 Å². The van der Waals surface area contributed by atoms with E-state index in [4.69, 9.17) is 14.6 Å². The van der Waals surface area contributed by atoms with E-state index in [1.807, 2.05) is 19.9 Å². The van der Waals surface area contributed by atoms with Gasteiger partial charge >= 0.3 is 11.9 Å². The lowest BCUT2D eigenvalue weighted by atomic mass is 9.49. The van der Waals surface area contributed by atoms with Crippen LogP contribution in [0.1, 0.15) is 53.4 Å². The maximum Gasteiger partial charge on any atom is 0.333 e. The zero-order valence-corrected chi connectivity index (χ0v) is 20.3. The number of aliphatic hydroxyl groups excluding tert-OH is 1. The van der Waals surface area contributed by atoms with E-state index in [-0.39, 0.29) is 41.0 Å². The number of allylic oxidation sites excluding steroid dienone is 2. The van der Waals surface area contributed by atoms with Crippen LogP contribution >= 0.6 is 0 Å². The highest BCUT2D eigenvalue weighted by Crippen LogP contribution is 2.59. The number of cyclic esters (lactones) is 1. The predicted octanol–water partition coefficient (Wildman–Crippen LogP) is 3.52. The molecule has 1 saturated heterocycles. The van der Waals surface area contributed by atoms with Gasteiger partial charge in [-0.05, 0) is 67.1 Å². The van der Waals surface area contributed by atoms with Gasteiger partial charge in [0.15, 0.2) is 5.78 Å². The topological polar surface area (TPSA) is 99.1 Å². The van der Waals surface area contributed by atoms with E-state index in [1.54, 1.807) is 6.08 Å². The van der Waals surface area contributed by atoms with Crippen molar-refractivity contribution in [1.82, 2.24) is 0 Å². The second-order valence-corrected chi connectivity index (χ2v) is 10.4. The Labute approximate surface area is 195 Å². The number of ether oxygens (including phenoxy) is 3. The summed E-state index contributed by atoms with van der Waals surface area (Å²) in [4.78, 5) is 34.8. The van der Waals surface area contributed by atoms with Gasteiger partial charge in [0.1, 0.15) is 0 Å². The van der Waals surface area contributed by atoms with Crippen LogP contribution in [0, 0.1) is 28.6 Å². The molecule has 2 fully saturated rings. The molecule has 4 rings (SSSR count). The molecule has 33 heavy (non-hydrogen) atoms. The first kappa shape index (κ1) is 25.4. The Morgan fingerprint density at radius 1 is 1.18 bits per heavy atom. The zero-order chi connectivity index (χ0) is 24.6. The number of aliphatic hydroxyl groups is 1. The van der Waals surface area contributed by atoms with Crippen molar-refractivity contribution in [2.75, 3.05) is 13.7 Å². The quantitative estimate of drug-likeness (QED) is 0.508. The molecule has 7 heteroatoms. The number of ketones is 1. The Hall–Kier alpha value is -2.25. The van der Waals surface area contributed by atoms with E-state index in [2.05, 4.69) is 25.2 Å². The lowest BCUT2D eigenvalue weighted by Crippen LogP contribution is -2.53. The molecule has 0 bridgehead atoms. The van der Waals surface area contributed by atoms with E-state index in [1.165, 1.54) is 19.3 Å². The van der Waals surface area contributed by atoms with Crippen LogP contribution in [-0.2, 0) is 28.6 Å². The highest BCUT2D eigenvalue weighted by Gasteiger charge is 2.57. The molecule has 1 N–H and O–H groups in total. The minimum atomic E-state index is -1.01. The minimum absolute atomic E-state index is 0.0755. The number of rotatable bonds is 3. The molecule has 0 aromatic carbocycles. The average molecular weight is 461 g/mol. The summed E-state index contributed by atoms with van der Waals surface area (Å²) < 4.78 is 15.3. The van der Waals surface area contributed by atoms with Crippen molar-refractivity contribution in [3.8, 4) is 0 Å². The van der Waals surface area contributed by atoms with Crippen LogP contribution < -0.4 is 0 Å². The van der Waals surface area contributed by atoms with Gasteiger partial charge in [0.25, 0.3) is 0 Å². The van der Waals surface area contributed by atoms with Gasteiger partial charge in [-0.3, -0.25) is 9.59 Å². The molecule has 1 saturated carbocycles. The van der Waals surface area contributed by atoms with Gasteiger partial charge in [0.05, 0.1) is 19.1 Å². The third-order valence-corrected chi connectivity index (χ3v) is 8.34. The van der Waals surface area contributed by atoms with Crippen molar-refractivity contribution >= 4 is 17.7 Å². The van der Waals surface area contributed by atoms with Crippen molar-refractivity contribution in [2.45, 2.75) is 65.3 Å². The van der Waals surface area contributed by atoms with Crippen LogP contribution in [0.25, 0.3) is 0 Å². The number of hydrogen-bond donors (Lipinski definition) is 1. The fourth-order valence-corrected chi connectivity index (χ4v) is 6.13. The molecule has 0 radical (unpaired) electrons. The molecule has 0 aromatic rings. The van der Waals surface area contributed by atoms with E-state index in [0.717, 1.165) is 31.4 Å². The largest absolute Gasteiger partial charge is 0.469 e. The molecule has 7 nitrogen and oxygen atoms in total. The number of esters is 2. The molecule has 2 aliphatic heterocycles. The van der Waals surface area contributed by atoms with Gasteiger partial charge in [0, 0.05) is 18.1 Å². The Balaban J connectivity index is 0.000000374. The number of carbonyl (C=O) groups is 3. The summed E-state index contributed by atoms with van der Waals surface area (Å²) >= 11 is 0. The maximum absolute atomic E-state index is 12.6. The molecular weight excluding hydrogens is 424 g/mol. The first-order valence-corrected chi connectivity index (χ1v) is 11.6. The summed E-state index contributed by atoms with van der Waals surface area (Å²) in [6.07, 6.45) is 8.65. The van der Waals surface area contributed by atoms with E-state index < -0.39 is 17.7 Å². The highest BCUT2D eigenvalue weighted by atomic mass is 16.6. The third kappa shape index (κ3) is 4.58. The standard InChI is InChI=1S/C22H32O4.C4H4O3/c1-14-16(8-7-15-10-12-26-22(14,15)5)21(4)11-9-18(23)20(2,3)17(21)13-19(24)25-6;5-3-1-2-4(6)7-3/h9,11,15-17H,1,7-8,10,12-13H2,2-6H3;1-3,5H. The maximum atomic E-state index is 12.6. The third-order valence-electron chi connectivity index (χ3n) is 8.34. The minimum Gasteiger partial charge on any atom is -0.469 e. The van der Waals surface area contributed by atoms with Gasteiger partial charge in [-0.25, -0.2) is 4.79 Å². The molecule has 4 aliphatic rings. The van der Waals surface area contributed by atoms with Crippen molar-refractivity contribution in [3.63, 3.8) is 0 Å². The van der Waals surface area contributed by atoms with Crippen LogP contribution in [0.2, 0.25) is 0 Å². The SMILES string of the molecule is C=C1C(C2(C)C=CC(=O)C(C)(C)C2CC(=O)OC)CCC2CCOC12C.O=C1C=CC(O)O1. The van der Waals surface area contributed by atoms with Crippen molar-refractivity contribution in [2.24, 2.45) is 28.6 Å². The van der Waals surface area contributed by atoms with Gasteiger partial charge in [0.2, 0.25) is 6.29 Å². The summed E-state index contributed by atoms with van der Waals surface area (Å²) in [6, 6.07) is 0. The summed E-state index contributed by atoms with van der Waals surface area (Å²) in [5, 5.41) is 8.37. The fraction of sp³-hybridized carbons (Fsp3) is 0.654. The van der Waals surface area contributed by atoms with Crippen LogP contribution in [0.3, 0.4) is 0 Å². The first-order chi connectivity index (χ1) is 15.4. The monoisotopic (exact) mass is 460 g/mol. The second kappa shape index (κ2) is 9.18. The van der Waals surface area contributed by atoms with Gasteiger partial charge in [-0.2, -0.15) is 0 Å². The lowest BCUT2D eigenvalue weighted by molar-refractivity contribution is -0.150. The van der Waals surface area contributed by atoms with Gasteiger partial charge in [-0.15, -0.1) is 0 Å². The van der Waals surface area contributed by atoms with E-state index >= 15 is 0 Å².